The van der Waals surface area contributed by atoms with Crippen LogP contribution in [0.5, 0.6) is 0 Å². The summed E-state index contributed by atoms with van der Waals surface area (Å²) in [6, 6.07) is 28.9. The highest BCUT2D eigenvalue weighted by atomic mass is 32.2. The summed E-state index contributed by atoms with van der Waals surface area (Å²) in [5, 5.41) is 10.3. The van der Waals surface area contributed by atoms with Gasteiger partial charge in [-0.3, -0.25) is 0 Å². The molecule has 3 aromatic carbocycles. The standard InChI is InChI=1S/C23H17N3OS/c1-3-9-16(10-4-1)21(17-11-5-2-6-12-17)28-23-26-25-22(27-23)19-15-24-20-14-8-7-13-18(19)20/h1-15,21,24H. The highest BCUT2D eigenvalue weighted by molar-refractivity contribution is 7.99. The van der Waals surface area contributed by atoms with Crippen molar-refractivity contribution in [3.05, 3.63) is 102 Å². The van der Waals surface area contributed by atoms with E-state index >= 15 is 0 Å². The number of hydrogen-bond acceptors (Lipinski definition) is 4. The van der Waals surface area contributed by atoms with Crippen molar-refractivity contribution in [3.8, 4) is 11.5 Å². The first-order valence-electron chi connectivity index (χ1n) is 9.05. The normalized spacial score (nSPS) is 11.3. The van der Waals surface area contributed by atoms with E-state index in [2.05, 4.69) is 69.8 Å². The zero-order valence-corrected chi connectivity index (χ0v) is 15.8. The molecular formula is C23H17N3OS. The summed E-state index contributed by atoms with van der Waals surface area (Å²) in [6.45, 7) is 0. The van der Waals surface area contributed by atoms with Gasteiger partial charge in [0.1, 0.15) is 0 Å². The van der Waals surface area contributed by atoms with Gasteiger partial charge in [-0.2, -0.15) is 0 Å². The van der Waals surface area contributed by atoms with Crippen LogP contribution in [0.2, 0.25) is 0 Å². The number of fused-ring (bicyclic) bond motifs is 1. The van der Waals surface area contributed by atoms with E-state index in [9.17, 15) is 0 Å². The Hall–Kier alpha value is -3.31. The molecule has 0 spiro atoms. The van der Waals surface area contributed by atoms with Crippen LogP contribution in [0.3, 0.4) is 0 Å². The molecule has 5 aromatic rings. The zero-order valence-electron chi connectivity index (χ0n) is 14.9. The van der Waals surface area contributed by atoms with Gasteiger partial charge in [-0.25, -0.2) is 0 Å². The van der Waals surface area contributed by atoms with E-state index in [1.807, 2.05) is 36.5 Å². The van der Waals surface area contributed by atoms with Crippen molar-refractivity contribution in [2.75, 3.05) is 0 Å². The summed E-state index contributed by atoms with van der Waals surface area (Å²) in [4.78, 5) is 3.25. The number of benzene rings is 3. The lowest BCUT2D eigenvalue weighted by Gasteiger charge is -2.15. The van der Waals surface area contributed by atoms with Crippen LogP contribution in [0.4, 0.5) is 0 Å². The molecule has 4 nitrogen and oxygen atoms in total. The molecule has 0 aliphatic carbocycles. The molecule has 2 heterocycles. The lowest BCUT2D eigenvalue weighted by atomic mass is 10.0. The second-order valence-electron chi connectivity index (χ2n) is 6.44. The number of thioether (sulfide) groups is 1. The van der Waals surface area contributed by atoms with Gasteiger partial charge in [-0.05, 0) is 17.2 Å². The molecule has 0 amide bonds. The van der Waals surface area contributed by atoms with Crippen molar-refractivity contribution in [2.24, 2.45) is 0 Å². The van der Waals surface area contributed by atoms with Gasteiger partial charge < -0.3 is 9.40 Å². The Kier molecular flexibility index (Phi) is 4.43. The molecule has 0 aliphatic rings. The fourth-order valence-electron chi connectivity index (χ4n) is 3.30. The second kappa shape index (κ2) is 7.37. The third kappa shape index (κ3) is 3.21. The molecule has 0 atom stereocenters. The van der Waals surface area contributed by atoms with E-state index in [4.69, 9.17) is 4.42 Å². The first-order valence-corrected chi connectivity index (χ1v) is 9.93. The minimum Gasteiger partial charge on any atom is -0.411 e. The van der Waals surface area contributed by atoms with E-state index in [-0.39, 0.29) is 5.25 Å². The number of nitrogens with one attached hydrogen (secondary N) is 1. The molecule has 0 aliphatic heterocycles. The van der Waals surface area contributed by atoms with Crippen molar-refractivity contribution in [2.45, 2.75) is 10.5 Å². The summed E-state index contributed by atoms with van der Waals surface area (Å²) in [7, 11) is 0. The summed E-state index contributed by atoms with van der Waals surface area (Å²) < 4.78 is 6.03. The molecule has 0 saturated carbocycles. The van der Waals surface area contributed by atoms with Gasteiger partial charge in [0.2, 0.25) is 0 Å². The summed E-state index contributed by atoms with van der Waals surface area (Å²) >= 11 is 1.57. The van der Waals surface area contributed by atoms with Gasteiger partial charge in [-0.1, -0.05) is 90.6 Å². The van der Waals surface area contributed by atoms with E-state index in [1.165, 1.54) is 11.1 Å². The van der Waals surface area contributed by atoms with Crippen molar-refractivity contribution >= 4 is 22.7 Å². The van der Waals surface area contributed by atoms with Crippen LogP contribution >= 0.6 is 11.8 Å². The van der Waals surface area contributed by atoms with E-state index in [1.54, 1.807) is 11.8 Å². The lowest BCUT2D eigenvalue weighted by molar-refractivity contribution is 0.465. The number of H-pyrrole nitrogens is 1. The van der Waals surface area contributed by atoms with Gasteiger partial charge >= 0.3 is 0 Å². The quantitative estimate of drug-likeness (QED) is 0.373. The van der Waals surface area contributed by atoms with Gasteiger partial charge in [0.25, 0.3) is 11.1 Å². The van der Waals surface area contributed by atoms with E-state index < -0.39 is 0 Å². The van der Waals surface area contributed by atoms with Crippen molar-refractivity contribution in [1.29, 1.82) is 0 Å². The summed E-state index contributed by atoms with van der Waals surface area (Å²) in [6.07, 6.45) is 1.92. The van der Waals surface area contributed by atoms with Crippen molar-refractivity contribution < 1.29 is 4.42 Å². The van der Waals surface area contributed by atoms with Crippen LogP contribution in [0.15, 0.2) is 101 Å². The molecule has 5 heteroatoms. The number of hydrogen-bond donors (Lipinski definition) is 1. The third-order valence-electron chi connectivity index (χ3n) is 4.65. The Balaban J connectivity index is 1.49. The fourth-order valence-corrected chi connectivity index (χ4v) is 4.30. The highest BCUT2D eigenvalue weighted by Gasteiger charge is 2.20. The van der Waals surface area contributed by atoms with Crippen LogP contribution < -0.4 is 0 Å². The fraction of sp³-hybridized carbons (Fsp3) is 0.0435. The molecule has 2 aromatic heterocycles. The first kappa shape index (κ1) is 16.8. The van der Waals surface area contributed by atoms with Gasteiger partial charge in [-0.15, -0.1) is 10.2 Å². The molecule has 5 rings (SSSR count). The molecule has 0 saturated heterocycles. The Morgan fingerprint density at radius 1 is 0.750 bits per heavy atom. The number of rotatable bonds is 5. The predicted molar refractivity (Wildman–Crippen MR) is 112 cm³/mol. The van der Waals surface area contributed by atoms with Crippen LogP contribution in [-0.2, 0) is 0 Å². The first-order chi connectivity index (χ1) is 13.9. The Bertz CT molecular complexity index is 1160. The third-order valence-corrected chi connectivity index (χ3v) is 5.80. The predicted octanol–water partition coefficient (Wildman–Crippen LogP) is 6.10. The summed E-state index contributed by atoms with van der Waals surface area (Å²) in [5.74, 6) is 0.528. The highest BCUT2D eigenvalue weighted by Crippen LogP contribution is 2.40. The zero-order chi connectivity index (χ0) is 18.8. The summed E-state index contributed by atoms with van der Waals surface area (Å²) in [5.41, 5.74) is 4.37. The molecule has 0 unspecified atom stereocenters. The average molecular weight is 383 g/mol. The minimum absolute atomic E-state index is 0.0821. The van der Waals surface area contributed by atoms with E-state index in [0.29, 0.717) is 11.1 Å². The maximum absolute atomic E-state index is 6.03. The van der Waals surface area contributed by atoms with Gasteiger partial charge in [0, 0.05) is 17.1 Å². The Labute approximate surface area is 166 Å². The maximum atomic E-state index is 6.03. The molecule has 0 fully saturated rings. The van der Waals surface area contributed by atoms with Crippen molar-refractivity contribution in [3.63, 3.8) is 0 Å². The SMILES string of the molecule is c1ccc(C(Sc2nnc(-c3c[nH]c4ccccc34)o2)c2ccccc2)cc1. The molecule has 0 radical (unpaired) electrons. The number of para-hydroxylation sites is 1. The lowest BCUT2D eigenvalue weighted by Crippen LogP contribution is -1.96. The largest absolute Gasteiger partial charge is 0.411 e. The Morgan fingerprint density at radius 2 is 1.39 bits per heavy atom. The van der Waals surface area contributed by atoms with E-state index in [0.717, 1.165) is 16.5 Å². The van der Waals surface area contributed by atoms with Crippen LogP contribution in [0.25, 0.3) is 22.4 Å². The molecular weight excluding hydrogens is 366 g/mol. The number of nitrogens with zero attached hydrogens (tertiary/aromatic N) is 2. The van der Waals surface area contributed by atoms with Crippen molar-refractivity contribution in [1.82, 2.24) is 15.2 Å². The molecule has 0 bridgehead atoms. The smallest absolute Gasteiger partial charge is 0.277 e. The molecule has 1 N–H and O–H groups in total. The minimum atomic E-state index is 0.0821. The number of aromatic nitrogens is 3. The maximum Gasteiger partial charge on any atom is 0.277 e. The average Bonchev–Trinajstić information content (AvgIpc) is 3.40. The number of aromatic amines is 1. The van der Waals surface area contributed by atoms with Gasteiger partial charge in [0.05, 0.1) is 10.8 Å². The topological polar surface area (TPSA) is 54.7 Å². The van der Waals surface area contributed by atoms with Gasteiger partial charge in [0.15, 0.2) is 0 Å². The van der Waals surface area contributed by atoms with Crippen LogP contribution in [0, 0.1) is 0 Å². The van der Waals surface area contributed by atoms with Crippen LogP contribution in [-0.4, -0.2) is 15.2 Å². The second-order valence-corrected chi connectivity index (χ2v) is 7.50. The molecule has 136 valence electrons. The Morgan fingerprint density at radius 3 is 2.11 bits per heavy atom. The van der Waals surface area contributed by atoms with Crippen LogP contribution in [0.1, 0.15) is 16.4 Å². The monoisotopic (exact) mass is 383 g/mol. The molecule has 28 heavy (non-hydrogen) atoms.